The first-order valence-electron chi connectivity index (χ1n) is 7.52. The van der Waals surface area contributed by atoms with Gasteiger partial charge >= 0.3 is 6.09 Å². The van der Waals surface area contributed by atoms with E-state index in [-0.39, 0.29) is 16.6 Å². The van der Waals surface area contributed by atoms with Crippen LogP contribution in [0.2, 0.25) is 0 Å². The Morgan fingerprint density at radius 2 is 1.92 bits per heavy atom. The fraction of sp³-hybridized carbons (Fsp3) is 0.500. The first-order chi connectivity index (χ1) is 11.3. The fourth-order valence-electron chi connectivity index (χ4n) is 2.43. The Morgan fingerprint density at radius 1 is 1.33 bits per heavy atom. The number of carbonyl (C=O) groups is 1. The molecule has 1 amide bonds. The number of rotatable bonds is 5. The van der Waals surface area contributed by atoms with Gasteiger partial charge in [-0.3, -0.25) is 10.1 Å². The van der Waals surface area contributed by atoms with Gasteiger partial charge in [-0.25, -0.2) is 17.9 Å². The highest BCUT2D eigenvalue weighted by Gasteiger charge is 2.27. The number of nitro benzene ring substituents is 1. The zero-order valence-electron chi connectivity index (χ0n) is 13.2. The molecule has 0 aliphatic carbocycles. The lowest BCUT2D eigenvalue weighted by Gasteiger charge is -2.31. The molecule has 1 aromatic rings. The smallest absolute Gasteiger partial charge is 0.409 e. The normalized spacial score (nSPS) is 16.0. The molecule has 1 aromatic carbocycles. The van der Waals surface area contributed by atoms with Crippen molar-refractivity contribution < 1.29 is 22.9 Å². The van der Waals surface area contributed by atoms with Crippen molar-refractivity contribution in [3.05, 3.63) is 34.4 Å². The van der Waals surface area contributed by atoms with Crippen LogP contribution in [0.4, 0.5) is 10.5 Å². The molecule has 0 aromatic heterocycles. The van der Waals surface area contributed by atoms with Crippen LogP contribution < -0.4 is 4.72 Å². The quantitative estimate of drug-likeness (QED) is 0.630. The lowest BCUT2D eigenvalue weighted by Crippen LogP contribution is -2.46. The maximum atomic E-state index is 12.3. The van der Waals surface area contributed by atoms with Crippen molar-refractivity contribution >= 4 is 21.8 Å². The van der Waals surface area contributed by atoms with Gasteiger partial charge in [-0.05, 0) is 31.9 Å². The van der Waals surface area contributed by atoms with Crippen molar-refractivity contribution in [1.29, 1.82) is 0 Å². The second-order valence-corrected chi connectivity index (χ2v) is 7.05. The third kappa shape index (κ3) is 4.42. The topological polar surface area (TPSA) is 119 Å². The van der Waals surface area contributed by atoms with Crippen molar-refractivity contribution in [1.82, 2.24) is 9.62 Å². The van der Waals surface area contributed by atoms with Gasteiger partial charge in [0.25, 0.3) is 5.69 Å². The van der Waals surface area contributed by atoms with Crippen LogP contribution in [-0.2, 0) is 14.8 Å². The highest BCUT2D eigenvalue weighted by atomic mass is 32.2. The number of nitrogens with one attached hydrogen (secondary N) is 1. The molecule has 0 spiro atoms. The average molecular weight is 357 g/mol. The molecule has 10 heteroatoms. The molecule has 1 aliphatic heterocycles. The summed E-state index contributed by atoms with van der Waals surface area (Å²) < 4.78 is 32.1. The number of nitrogens with zero attached hydrogens (tertiary/aromatic N) is 2. The maximum absolute atomic E-state index is 12.3. The zero-order valence-corrected chi connectivity index (χ0v) is 14.0. The zero-order chi connectivity index (χ0) is 17.7. The van der Waals surface area contributed by atoms with E-state index < -0.39 is 21.0 Å². The molecule has 0 unspecified atom stereocenters. The Bertz CT molecular complexity index is 696. The highest BCUT2D eigenvalue weighted by molar-refractivity contribution is 7.89. The summed E-state index contributed by atoms with van der Waals surface area (Å²) in [7, 11) is -3.76. The Labute approximate surface area is 139 Å². The van der Waals surface area contributed by atoms with Crippen molar-refractivity contribution in [2.45, 2.75) is 30.7 Å². The number of benzene rings is 1. The van der Waals surface area contributed by atoms with Gasteiger partial charge in [0.05, 0.1) is 16.4 Å². The Balaban J connectivity index is 1.95. The van der Waals surface area contributed by atoms with E-state index in [0.29, 0.717) is 32.5 Å². The van der Waals surface area contributed by atoms with E-state index in [9.17, 15) is 23.3 Å². The minimum atomic E-state index is -3.76. The Hall–Kier alpha value is -2.20. The second-order valence-electron chi connectivity index (χ2n) is 5.33. The van der Waals surface area contributed by atoms with Crippen molar-refractivity contribution in [3.63, 3.8) is 0 Å². The predicted octanol–water partition coefficient (Wildman–Crippen LogP) is 1.49. The van der Waals surface area contributed by atoms with Crippen LogP contribution in [0.3, 0.4) is 0 Å². The standard InChI is InChI=1S/C14H19N3O6S/c1-2-23-14(18)16-9-7-11(8-10-16)15-24(21,22)13-5-3-12(4-6-13)17(19)20/h3-6,11,15H,2,7-10H2,1H3. The summed E-state index contributed by atoms with van der Waals surface area (Å²) >= 11 is 0. The van der Waals surface area contributed by atoms with Crippen LogP contribution in [0.15, 0.2) is 29.2 Å². The van der Waals surface area contributed by atoms with Crippen molar-refractivity contribution in [2.24, 2.45) is 0 Å². The maximum Gasteiger partial charge on any atom is 0.409 e. The lowest BCUT2D eigenvalue weighted by atomic mass is 10.1. The first kappa shape index (κ1) is 18.1. The largest absolute Gasteiger partial charge is 0.450 e. The summed E-state index contributed by atoms with van der Waals surface area (Å²) in [6, 6.07) is 4.41. The van der Waals surface area contributed by atoms with Crippen LogP contribution in [0, 0.1) is 10.1 Å². The summed E-state index contributed by atoms with van der Waals surface area (Å²) in [5, 5.41) is 10.6. The van der Waals surface area contributed by atoms with Gasteiger partial charge in [-0.1, -0.05) is 0 Å². The minimum absolute atomic E-state index is 0.0269. The number of likely N-dealkylation sites (tertiary alicyclic amines) is 1. The van der Waals surface area contributed by atoms with Crippen molar-refractivity contribution in [3.8, 4) is 0 Å². The molecular weight excluding hydrogens is 338 g/mol. The summed E-state index contributed by atoms with van der Waals surface area (Å²) in [5.74, 6) is 0. The number of nitro groups is 1. The Morgan fingerprint density at radius 3 is 2.42 bits per heavy atom. The molecule has 0 radical (unpaired) electrons. The Kier molecular flexibility index (Phi) is 5.73. The van der Waals surface area contributed by atoms with Crippen LogP contribution in [0.1, 0.15) is 19.8 Å². The molecule has 9 nitrogen and oxygen atoms in total. The highest BCUT2D eigenvalue weighted by Crippen LogP contribution is 2.18. The molecule has 2 rings (SSSR count). The molecule has 0 saturated carbocycles. The summed E-state index contributed by atoms with van der Waals surface area (Å²) in [6.07, 6.45) is 0.560. The van der Waals surface area contributed by atoms with E-state index in [4.69, 9.17) is 4.74 Å². The summed E-state index contributed by atoms with van der Waals surface area (Å²) in [4.78, 5) is 23.1. The SMILES string of the molecule is CCOC(=O)N1CCC(NS(=O)(=O)c2ccc([N+](=O)[O-])cc2)CC1. The molecule has 0 atom stereocenters. The fourth-order valence-corrected chi connectivity index (χ4v) is 3.73. The van der Waals surface area contributed by atoms with Gasteiger partial charge in [0.2, 0.25) is 10.0 Å². The van der Waals surface area contributed by atoms with Gasteiger partial charge < -0.3 is 9.64 Å². The molecule has 1 heterocycles. The number of non-ortho nitro benzene ring substituents is 1. The minimum Gasteiger partial charge on any atom is -0.450 e. The predicted molar refractivity (Wildman–Crippen MR) is 85.0 cm³/mol. The number of amides is 1. The van der Waals surface area contributed by atoms with Gasteiger partial charge in [-0.2, -0.15) is 0 Å². The average Bonchev–Trinajstić information content (AvgIpc) is 2.55. The lowest BCUT2D eigenvalue weighted by molar-refractivity contribution is -0.384. The van der Waals surface area contributed by atoms with Crippen LogP contribution in [-0.4, -0.2) is 50.1 Å². The van der Waals surface area contributed by atoms with E-state index in [2.05, 4.69) is 4.72 Å². The molecule has 1 fully saturated rings. The summed E-state index contributed by atoms with van der Waals surface area (Å²) in [6.45, 7) is 2.84. The number of piperidine rings is 1. The van der Waals surface area contributed by atoms with E-state index in [1.165, 1.54) is 12.1 Å². The van der Waals surface area contributed by atoms with Gasteiger partial charge in [0.1, 0.15) is 0 Å². The van der Waals surface area contributed by atoms with E-state index in [1.807, 2.05) is 0 Å². The van der Waals surface area contributed by atoms with Crippen LogP contribution >= 0.6 is 0 Å². The third-order valence-electron chi connectivity index (χ3n) is 3.70. The molecule has 1 aliphatic rings. The molecule has 132 valence electrons. The van der Waals surface area contributed by atoms with Crippen LogP contribution in [0.25, 0.3) is 0 Å². The van der Waals surface area contributed by atoms with Crippen LogP contribution in [0.5, 0.6) is 0 Å². The number of carbonyl (C=O) groups excluding carboxylic acids is 1. The number of sulfonamides is 1. The van der Waals surface area contributed by atoms with E-state index in [1.54, 1.807) is 11.8 Å². The number of hydrogen-bond acceptors (Lipinski definition) is 6. The van der Waals surface area contributed by atoms with Gasteiger partial charge in [0.15, 0.2) is 0 Å². The number of ether oxygens (including phenoxy) is 1. The third-order valence-corrected chi connectivity index (χ3v) is 5.24. The second kappa shape index (κ2) is 7.58. The van der Waals surface area contributed by atoms with E-state index in [0.717, 1.165) is 12.1 Å². The molecular formula is C14H19N3O6S. The number of hydrogen-bond donors (Lipinski definition) is 1. The van der Waals surface area contributed by atoms with Gasteiger partial charge in [0, 0.05) is 31.3 Å². The molecule has 1 N–H and O–H groups in total. The first-order valence-corrected chi connectivity index (χ1v) is 9.00. The monoisotopic (exact) mass is 357 g/mol. The molecule has 1 saturated heterocycles. The molecule has 0 bridgehead atoms. The van der Waals surface area contributed by atoms with Gasteiger partial charge in [-0.15, -0.1) is 0 Å². The molecule has 24 heavy (non-hydrogen) atoms. The van der Waals surface area contributed by atoms with Crippen molar-refractivity contribution in [2.75, 3.05) is 19.7 Å². The van der Waals surface area contributed by atoms with E-state index >= 15 is 0 Å². The summed E-state index contributed by atoms with van der Waals surface area (Å²) in [5.41, 5.74) is -0.170.